The maximum absolute atomic E-state index is 12.0. The normalized spacial score (nSPS) is 19.4. The molecule has 1 saturated carbocycles. The zero-order valence-corrected chi connectivity index (χ0v) is 11.3. The Balaban J connectivity index is 2.37. The molecule has 0 N–H and O–H groups in total. The molecule has 1 aliphatic carbocycles. The fraction of sp³-hybridized carbons (Fsp3) is 0.923. The minimum absolute atomic E-state index is 0.122. The molecule has 1 aliphatic rings. The first-order chi connectivity index (χ1) is 7.69. The highest BCUT2D eigenvalue weighted by Crippen LogP contribution is 2.29. The highest BCUT2D eigenvalue weighted by Gasteiger charge is 2.24. The number of nitrogens with zero attached hydrogens (tertiary/aromatic N) is 1. The molecule has 0 aromatic rings. The van der Waals surface area contributed by atoms with Gasteiger partial charge in [-0.25, -0.2) is 0 Å². The molecule has 3 heteroatoms. The van der Waals surface area contributed by atoms with Crippen LogP contribution in [0.15, 0.2) is 0 Å². The third-order valence-electron chi connectivity index (χ3n) is 3.61. The molecular weight excluding hydrogens is 222 g/mol. The molecule has 1 atom stereocenters. The summed E-state index contributed by atoms with van der Waals surface area (Å²) in [6.45, 7) is 5.55. The van der Waals surface area contributed by atoms with Gasteiger partial charge in [-0.15, -0.1) is 11.6 Å². The van der Waals surface area contributed by atoms with Crippen LogP contribution in [0.3, 0.4) is 0 Å². The fourth-order valence-electron chi connectivity index (χ4n) is 2.55. The molecule has 94 valence electrons. The van der Waals surface area contributed by atoms with E-state index in [1.165, 1.54) is 32.1 Å². The topological polar surface area (TPSA) is 20.3 Å². The summed E-state index contributed by atoms with van der Waals surface area (Å²) in [4.78, 5) is 13.8. The van der Waals surface area contributed by atoms with Crippen LogP contribution in [0.5, 0.6) is 0 Å². The van der Waals surface area contributed by atoms with Crippen LogP contribution in [0.25, 0.3) is 0 Å². The molecule has 0 spiro atoms. The molecule has 2 nitrogen and oxygen atoms in total. The van der Waals surface area contributed by atoms with Gasteiger partial charge in [-0.2, -0.15) is 0 Å². The second kappa shape index (κ2) is 7.16. The standard InChI is InChI=1S/C13H24ClNO/c1-3-15(4-2)13(16)12(14)10-11-8-6-5-7-9-11/h11-12H,3-10H2,1-2H3. The van der Waals surface area contributed by atoms with E-state index in [-0.39, 0.29) is 11.3 Å². The average molecular weight is 246 g/mol. The van der Waals surface area contributed by atoms with Crippen molar-refractivity contribution in [1.29, 1.82) is 0 Å². The van der Waals surface area contributed by atoms with Crippen LogP contribution in [0.2, 0.25) is 0 Å². The third-order valence-corrected chi connectivity index (χ3v) is 3.97. The van der Waals surface area contributed by atoms with Crippen LogP contribution >= 0.6 is 11.6 Å². The quantitative estimate of drug-likeness (QED) is 0.680. The molecule has 1 fully saturated rings. The van der Waals surface area contributed by atoms with E-state index in [1.807, 2.05) is 18.7 Å². The first kappa shape index (κ1) is 13.8. The predicted molar refractivity (Wildman–Crippen MR) is 68.8 cm³/mol. The fourth-order valence-corrected chi connectivity index (χ4v) is 2.94. The van der Waals surface area contributed by atoms with Crippen LogP contribution < -0.4 is 0 Å². The molecule has 1 rings (SSSR count). The average Bonchev–Trinajstić information content (AvgIpc) is 2.31. The maximum Gasteiger partial charge on any atom is 0.240 e. The predicted octanol–water partition coefficient (Wildman–Crippen LogP) is 3.43. The molecule has 0 radical (unpaired) electrons. The molecule has 0 heterocycles. The molecule has 1 unspecified atom stereocenters. The van der Waals surface area contributed by atoms with Crippen molar-refractivity contribution in [2.45, 2.75) is 57.7 Å². The molecule has 0 saturated heterocycles. The van der Waals surface area contributed by atoms with E-state index >= 15 is 0 Å². The van der Waals surface area contributed by atoms with E-state index in [9.17, 15) is 4.79 Å². The van der Waals surface area contributed by atoms with Crippen molar-refractivity contribution in [2.75, 3.05) is 13.1 Å². The van der Waals surface area contributed by atoms with E-state index < -0.39 is 0 Å². The highest BCUT2D eigenvalue weighted by molar-refractivity contribution is 6.30. The number of alkyl halides is 1. The monoisotopic (exact) mass is 245 g/mol. The van der Waals surface area contributed by atoms with Crippen molar-refractivity contribution in [3.63, 3.8) is 0 Å². The Labute approximate surface area is 104 Å². The van der Waals surface area contributed by atoms with Gasteiger partial charge >= 0.3 is 0 Å². The lowest BCUT2D eigenvalue weighted by Gasteiger charge is -2.26. The maximum atomic E-state index is 12.0. The zero-order valence-electron chi connectivity index (χ0n) is 10.5. The van der Waals surface area contributed by atoms with Gasteiger partial charge < -0.3 is 4.90 Å². The van der Waals surface area contributed by atoms with Crippen LogP contribution in [0.1, 0.15) is 52.4 Å². The van der Waals surface area contributed by atoms with Gasteiger partial charge in [0.15, 0.2) is 0 Å². The largest absolute Gasteiger partial charge is 0.342 e. The summed E-state index contributed by atoms with van der Waals surface area (Å²) in [6, 6.07) is 0. The van der Waals surface area contributed by atoms with Crippen molar-refractivity contribution >= 4 is 17.5 Å². The first-order valence-corrected chi connectivity index (χ1v) is 7.05. The summed E-state index contributed by atoms with van der Waals surface area (Å²) < 4.78 is 0. The minimum Gasteiger partial charge on any atom is -0.342 e. The van der Waals surface area contributed by atoms with Crippen molar-refractivity contribution in [1.82, 2.24) is 4.90 Å². The Kier molecular flexibility index (Phi) is 6.18. The van der Waals surface area contributed by atoms with Gasteiger partial charge in [0.25, 0.3) is 0 Å². The Morgan fingerprint density at radius 2 is 1.81 bits per heavy atom. The van der Waals surface area contributed by atoms with Gasteiger partial charge in [0.1, 0.15) is 5.38 Å². The van der Waals surface area contributed by atoms with Crippen LogP contribution in [0.4, 0.5) is 0 Å². The lowest BCUT2D eigenvalue weighted by molar-refractivity contribution is -0.130. The van der Waals surface area contributed by atoms with E-state index in [1.54, 1.807) is 0 Å². The van der Waals surface area contributed by atoms with Gasteiger partial charge in [0, 0.05) is 13.1 Å². The number of carbonyl (C=O) groups excluding carboxylic acids is 1. The van der Waals surface area contributed by atoms with Crippen LogP contribution in [-0.4, -0.2) is 29.3 Å². The van der Waals surface area contributed by atoms with E-state index in [0.717, 1.165) is 19.5 Å². The molecule has 16 heavy (non-hydrogen) atoms. The summed E-state index contributed by atoms with van der Waals surface area (Å²) in [7, 11) is 0. The van der Waals surface area contributed by atoms with Crippen LogP contribution in [0, 0.1) is 5.92 Å². The number of halogens is 1. The lowest BCUT2D eigenvalue weighted by atomic mass is 9.86. The van der Waals surface area contributed by atoms with Crippen molar-refractivity contribution in [2.24, 2.45) is 5.92 Å². The molecule has 0 bridgehead atoms. The second-order valence-electron chi connectivity index (χ2n) is 4.72. The highest BCUT2D eigenvalue weighted by atomic mass is 35.5. The number of carbonyl (C=O) groups is 1. The third kappa shape index (κ3) is 3.97. The summed E-state index contributed by atoms with van der Waals surface area (Å²) in [5, 5.41) is -0.303. The van der Waals surface area contributed by atoms with Gasteiger partial charge in [0.2, 0.25) is 5.91 Å². The van der Waals surface area contributed by atoms with Crippen molar-refractivity contribution in [3.8, 4) is 0 Å². The number of rotatable bonds is 5. The summed E-state index contributed by atoms with van der Waals surface area (Å²) in [5.41, 5.74) is 0. The lowest BCUT2D eigenvalue weighted by Crippen LogP contribution is -2.37. The molecule has 0 aromatic carbocycles. The second-order valence-corrected chi connectivity index (χ2v) is 5.24. The molecule has 0 aliphatic heterocycles. The molecule has 0 aromatic heterocycles. The number of hydrogen-bond acceptors (Lipinski definition) is 1. The van der Waals surface area contributed by atoms with Crippen molar-refractivity contribution in [3.05, 3.63) is 0 Å². The van der Waals surface area contributed by atoms with Gasteiger partial charge in [0.05, 0.1) is 0 Å². The Morgan fingerprint density at radius 3 is 2.31 bits per heavy atom. The smallest absolute Gasteiger partial charge is 0.240 e. The first-order valence-electron chi connectivity index (χ1n) is 6.61. The summed E-state index contributed by atoms with van der Waals surface area (Å²) in [6.07, 6.45) is 7.37. The van der Waals surface area contributed by atoms with Gasteiger partial charge in [-0.3, -0.25) is 4.79 Å². The van der Waals surface area contributed by atoms with E-state index in [4.69, 9.17) is 11.6 Å². The zero-order chi connectivity index (χ0) is 12.0. The van der Waals surface area contributed by atoms with Crippen LogP contribution in [-0.2, 0) is 4.79 Å². The summed E-state index contributed by atoms with van der Waals surface area (Å²) in [5.74, 6) is 0.799. The Hall–Kier alpha value is -0.240. The number of amides is 1. The van der Waals surface area contributed by atoms with Gasteiger partial charge in [-0.05, 0) is 26.2 Å². The van der Waals surface area contributed by atoms with Crippen molar-refractivity contribution < 1.29 is 4.79 Å². The Bertz CT molecular complexity index is 210. The SMILES string of the molecule is CCN(CC)C(=O)C(Cl)CC1CCCCC1. The Morgan fingerprint density at radius 1 is 1.25 bits per heavy atom. The van der Waals surface area contributed by atoms with Gasteiger partial charge in [-0.1, -0.05) is 32.1 Å². The van der Waals surface area contributed by atoms with E-state index in [2.05, 4.69) is 0 Å². The molecule has 1 amide bonds. The summed E-state index contributed by atoms with van der Waals surface area (Å²) >= 11 is 6.23. The molecular formula is C13H24ClNO. The van der Waals surface area contributed by atoms with E-state index in [0.29, 0.717) is 5.92 Å². The minimum atomic E-state index is -0.303. The number of hydrogen-bond donors (Lipinski definition) is 0.